The number of fused-ring (bicyclic) bond motifs is 1. The first-order valence-electron chi connectivity index (χ1n) is 12.1. The van der Waals surface area contributed by atoms with Gasteiger partial charge in [0, 0.05) is 18.3 Å². The Hall–Kier alpha value is -4.14. The zero-order valence-corrected chi connectivity index (χ0v) is 21.8. The number of aliphatic hydroxyl groups is 1. The molecule has 220 valence electrons. The Bertz CT molecular complexity index is 1440. The first kappa shape index (κ1) is 29.8. The smallest absolute Gasteiger partial charge is 0.430 e. The molecule has 1 fully saturated rings. The number of carbonyl (C=O) groups is 4. The fraction of sp³-hybridized carbons (Fsp3) is 0.385. The summed E-state index contributed by atoms with van der Waals surface area (Å²) in [5.41, 5.74) is -6.78. The maximum Gasteiger partial charge on any atom is 0.430 e. The Morgan fingerprint density at radius 3 is 2.34 bits per heavy atom. The molecule has 2 atom stereocenters. The summed E-state index contributed by atoms with van der Waals surface area (Å²) < 4.78 is 87.0. The summed E-state index contributed by atoms with van der Waals surface area (Å²) in [4.78, 5) is 53.7. The number of imide groups is 1. The number of likely N-dealkylation sites (N-methyl/N-ethyl adjacent to an activating group) is 1. The molecule has 0 bridgehead atoms. The van der Waals surface area contributed by atoms with Crippen molar-refractivity contribution < 1.29 is 55.4 Å². The molecule has 1 saturated heterocycles. The molecule has 2 aliphatic heterocycles. The van der Waals surface area contributed by atoms with Gasteiger partial charge in [-0.3, -0.25) is 24.2 Å². The lowest BCUT2D eigenvalue weighted by molar-refractivity contribution is -0.253. The van der Waals surface area contributed by atoms with Crippen molar-refractivity contribution in [1.82, 2.24) is 4.90 Å². The fourth-order valence-electron chi connectivity index (χ4n) is 4.89. The van der Waals surface area contributed by atoms with Gasteiger partial charge in [-0.1, -0.05) is 12.1 Å². The second-order valence-corrected chi connectivity index (χ2v) is 9.48. The van der Waals surface area contributed by atoms with Crippen molar-refractivity contribution in [3.05, 3.63) is 58.7 Å². The molecule has 0 spiro atoms. The van der Waals surface area contributed by atoms with Crippen LogP contribution >= 0.6 is 0 Å². The van der Waals surface area contributed by atoms with Gasteiger partial charge in [0.1, 0.15) is 0 Å². The molecule has 0 saturated carbocycles. The Balaban J connectivity index is 1.80. The molecule has 2 heterocycles. The lowest BCUT2D eigenvalue weighted by Gasteiger charge is -2.38. The first-order chi connectivity index (χ1) is 18.9. The van der Waals surface area contributed by atoms with Crippen molar-refractivity contribution in [1.29, 1.82) is 0 Å². The molecule has 2 unspecified atom stereocenters. The highest BCUT2D eigenvalue weighted by atomic mass is 19.4. The van der Waals surface area contributed by atoms with Gasteiger partial charge in [0.05, 0.1) is 30.9 Å². The molecular formula is C26H23F6N3O6. The normalized spacial score (nSPS) is 21.5. The summed E-state index contributed by atoms with van der Waals surface area (Å²) in [7, 11) is 1.02. The van der Waals surface area contributed by atoms with E-state index in [1.54, 1.807) is 0 Å². The molecule has 0 radical (unpaired) electrons. The molecule has 15 heteroatoms. The predicted molar refractivity (Wildman–Crippen MR) is 129 cm³/mol. The molecule has 0 aromatic heterocycles. The number of benzene rings is 2. The van der Waals surface area contributed by atoms with Crippen LogP contribution in [0.2, 0.25) is 0 Å². The Labute approximate surface area is 228 Å². The van der Waals surface area contributed by atoms with Crippen molar-refractivity contribution in [2.45, 2.75) is 38.3 Å². The summed E-state index contributed by atoms with van der Waals surface area (Å²) in [5, 5.41) is 10.5. The topological polar surface area (TPSA) is 107 Å². The van der Waals surface area contributed by atoms with Gasteiger partial charge in [0.15, 0.2) is 5.92 Å². The van der Waals surface area contributed by atoms with E-state index in [1.165, 1.54) is 13.0 Å². The van der Waals surface area contributed by atoms with Gasteiger partial charge in [-0.15, -0.1) is 0 Å². The Morgan fingerprint density at radius 2 is 1.76 bits per heavy atom. The van der Waals surface area contributed by atoms with Crippen LogP contribution in [0.4, 0.5) is 42.5 Å². The van der Waals surface area contributed by atoms with Crippen LogP contribution in [0.3, 0.4) is 0 Å². The van der Waals surface area contributed by atoms with E-state index in [9.17, 15) is 50.6 Å². The molecule has 41 heavy (non-hydrogen) atoms. The van der Waals surface area contributed by atoms with Crippen molar-refractivity contribution in [2.75, 3.05) is 30.0 Å². The summed E-state index contributed by atoms with van der Waals surface area (Å²) in [5.74, 6) is -5.49. The molecular weight excluding hydrogens is 564 g/mol. The number of carbonyl (C=O) groups excluding carboxylic acids is 4. The lowest BCUT2D eigenvalue weighted by atomic mass is 9.93. The van der Waals surface area contributed by atoms with Crippen molar-refractivity contribution >= 4 is 35.2 Å². The van der Waals surface area contributed by atoms with E-state index < -0.39 is 71.9 Å². The van der Waals surface area contributed by atoms with Gasteiger partial charge >= 0.3 is 24.4 Å². The third kappa shape index (κ3) is 4.77. The van der Waals surface area contributed by atoms with Crippen molar-refractivity contribution in [3.63, 3.8) is 0 Å². The highest BCUT2D eigenvalue weighted by Crippen LogP contribution is 2.50. The molecule has 4 amide bonds. The average molecular weight is 587 g/mol. The van der Waals surface area contributed by atoms with E-state index in [-0.39, 0.29) is 29.1 Å². The Morgan fingerprint density at radius 1 is 1.10 bits per heavy atom. The van der Waals surface area contributed by atoms with E-state index in [0.717, 1.165) is 49.2 Å². The molecule has 9 nitrogen and oxygen atoms in total. The van der Waals surface area contributed by atoms with Crippen LogP contribution in [0.15, 0.2) is 36.4 Å². The number of ether oxygens (including phenoxy) is 1. The number of nitrogens with zero attached hydrogens (tertiary/aromatic N) is 3. The number of anilines is 2. The van der Waals surface area contributed by atoms with Gasteiger partial charge in [-0.05, 0) is 49.2 Å². The molecule has 2 aromatic carbocycles. The van der Waals surface area contributed by atoms with Crippen LogP contribution in [-0.2, 0) is 37.4 Å². The number of hydrogen-bond acceptors (Lipinski definition) is 6. The van der Waals surface area contributed by atoms with Crippen LogP contribution in [0.25, 0.3) is 0 Å². The number of alkyl halides is 6. The monoisotopic (exact) mass is 587 g/mol. The maximum absolute atomic E-state index is 13.9. The van der Waals surface area contributed by atoms with Gasteiger partial charge in [0.2, 0.25) is 5.91 Å². The van der Waals surface area contributed by atoms with Crippen LogP contribution in [-0.4, -0.2) is 60.2 Å². The van der Waals surface area contributed by atoms with Crippen LogP contribution in [0.5, 0.6) is 0 Å². The molecule has 0 aliphatic carbocycles. The van der Waals surface area contributed by atoms with Gasteiger partial charge < -0.3 is 14.7 Å². The second kappa shape index (κ2) is 10.0. The fourth-order valence-corrected chi connectivity index (χ4v) is 4.89. The zero-order valence-electron chi connectivity index (χ0n) is 21.8. The lowest BCUT2D eigenvalue weighted by Crippen LogP contribution is -2.58. The number of urea groups is 1. The third-order valence-corrected chi connectivity index (χ3v) is 7.11. The summed E-state index contributed by atoms with van der Waals surface area (Å²) in [6.45, 7) is 1.06. The van der Waals surface area contributed by atoms with E-state index >= 15 is 0 Å². The first-order valence-corrected chi connectivity index (χ1v) is 12.1. The minimum absolute atomic E-state index is 0.0707. The predicted octanol–water partition coefficient (Wildman–Crippen LogP) is 3.89. The number of halogens is 6. The van der Waals surface area contributed by atoms with Gasteiger partial charge in [-0.25, -0.2) is 4.79 Å². The second-order valence-electron chi connectivity index (χ2n) is 9.48. The molecule has 2 aromatic rings. The zero-order chi connectivity index (χ0) is 30.7. The molecule has 4 rings (SSSR count). The highest BCUT2D eigenvalue weighted by molar-refractivity contribution is 6.13. The maximum atomic E-state index is 13.9. The van der Waals surface area contributed by atoms with Gasteiger partial charge in [-0.2, -0.15) is 26.3 Å². The summed E-state index contributed by atoms with van der Waals surface area (Å²) >= 11 is 0. The summed E-state index contributed by atoms with van der Waals surface area (Å²) in [6.07, 6.45) is -10.2. The summed E-state index contributed by atoms with van der Waals surface area (Å²) in [6, 6.07) is 4.94. The van der Waals surface area contributed by atoms with E-state index in [4.69, 9.17) is 4.74 Å². The number of esters is 1. The van der Waals surface area contributed by atoms with Crippen LogP contribution in [0.1, 0.15) is 29.2 Å². The van der Waals surface area contributed by atoms with E-state index in [1.807, 2.05) is 0 Å². The minimum Gasteiger partial charge on any atom is -0.465 e. The van der Waals surface area contributed by atoms with Crippen molar-refractivity contribution in [2.24, 2.45) is 5.92 Å². The quantitative estimate of drug-likeness (QED) is 0.323. The third-order valence-electron chi connectivity index (χ3n) is 7.11. The number of hydrogen-bond donors (Lipinski definition) is 1. The molecule has 2 aliphatic rings. The van der Waals surface area contributed by atoms with Gasteiger partial charge in [0.25, 0.3) is 11.5 Å². The van der Waals surface area contributed by atoms with Crippen molar-refractivity contribution in [3.8, 4) is 0 Å². The highest BCUT2D eigenvalue weighted by Gasteiger charge is 2.66. The van der Waals surface area contributed by atoms with Crippen LogP contribution < -0.4 is 9.80 Å². The minimum atomic E-state index is -5.44. The standard InChI is InChI=1S/C26H23F6N3O6/c1-4-41-21(37)16-12-34(15-8-9-19-18(10-15)24(40,26(30,31)32)22(38)33(19)3)23(39)35(20(16)36)11-14-6-5-7-17(13(14)2)25(27,28)29/h5-10,16,40H,4,11-12H2,1-3H3. The number of amides is 4. The van der Waals surface area contributed by atoms with Crippen LogP contribution in [0, 0.1) is 12.8 Å². The Kier molecular flexibility index (Phi) is 7.31. The largest absolute Gasteiger partial charge is 0.465 e. The SMILES string of the molecule is CCOC(=O)C1CN(c2ccc3c(c2)C(O)(C(F)(F)F)C(=O)N3C)C(=O)N(Cc2cccc(C(F)(F)F)c2C)C1=O. The van der Waals surface area contributed by atoms with E-state index in [0.29, 0.717) is 9.80 Å². The molecule has 1 N–H and O–H groups in total. The number of rotatable bonds is 5. The average Bonchev–Trinajstić information content (AvgIpc) is 3.08. The van der Waals surface area contributed by atoms with E-state index in [2.05, 4.69) is 0 Å².